The van der Waals surface area contributed by atoms with Gasteiger partial charge in [-0.2, -0.15) is 0 Å². The summed E-state index contributed by atoms with van der Waals surface area (Å²) in [5, 5.41) is 0.521. The molecule has 0 amide bonds. The van der Waals surface area contributed by atoms with Crippen molar-refractivity contribution >= 4 is 29.9 Å². The molecular formula is C13H15BClNO2. The van der Waals surface area contributed by atoms with Gasteiger partial charge in [0.25, 0.3) is 0 Å². The summed E-state index contributed by atoms with van der Waals surface area (Å²) in [4.78, 5) is 3.39. The predicted octanol–water partition coefficient (Wildman–Crippen LogP) is 3.19. The van der Waals surface area contributed by atoms with E-state index in [1.54, 1.807) is 18.2 Å². The Kier molecular flexibility index (Phi) is 3.18. The molecule has 1 aliphatic rings. The molecule has 2 rings (SSSR count). The van der Waals surface area contributed by atoms with Gasteiger partial charge in [-0.25, -0.2) is 4.85 Å². The number of benzene rings is 1. The third-order valence-corrected chi connectivity index (χ3v) is 3.78. The van der Waals surface area contributed by atoms with Crippen LogP contribution >= 0.6 is 11.6 Å². The maximum Gasteiger partial charge on any atom is 0.493 e. The van der Waals surface area contributed by atoms with Gasteiger partial charge >= 0.3 is 7.12 Å². The molecule has 0 N–H and O–H groups in total. The van der Waals surface area contributed by atoms with Gasteiger partial charge in [-0.15, -0.1) is 0 Å². The van der Waals surface area contributed by atoms with Crippen LogP contribution in [-0.4, -0.2) is 18.3 Å². The van der Waals surface area contributed by atoms with Crippen molar-refractivity contribution in [3.8, 4) is 0 Å². The van der Waals surface area contributed by atoms with Crippen molar-refractivity contribution in [1.29, 1.82) is 0 Å². The van der Waals surface area contributed by atoms with Crippen molar-refractivity contribution in [3.05, 3.63) is 34.6 Å². The average Bonchev–Trinajstić information content (AvgIpc) is 2.47. The fourth-order valence-corrected chi connectivity index (χ4v) is 2.01. The minimum Gasteiger partial charge on any atom is -0.399 e. The lowest BCUT2D eigenvalue weighted by Crippen LogP contribution is -2.41. The summed E-state index contributed by atoms with van der Waals surface area (Å²) in [7, 11) is -0.478. The van der Waals surface area contributed by atoms with E-state index in [1.165, 1.54) is 0 Å². The summed E-state index contributed by atoms with van der Waals surface area (Å²) in [6.07, 6.45) is 0. The second-order valence-corrected chi connectivity index (χ2v) is 5.88. The molecule has 1 aromatic rings. The predicted molar refractivity (Wildman–Crippen MR) is 73.4 cm³/mol. The standard InChI is InChI=1S/C13H15BClNO2/c1-12(2)13(3,4)18-14(17-12)9-6-10(15)8-11(7-9)16-5/h6-8H,1-4H3. The molecule has 0 atom stereocenters. The van der Waals surface area contributed by atoms with Gasteiger partial charge in [-0.05, 0) is 45.3 Å². The van der Waals surface area contributed by atoms with Crippen LogP contribution in [0.15, 0.2) is 18.2 Å². The fourth-order valence-electron chi connectivity index (χ4n) is 1.78. The topological polar surface area (TPSA) is 22.8 Å². The fraction of sp³-hybridized carbons (Fsp3) is 0.462. The monoisotopic (exact) mass is 263 g/mol. The Balaban J connectivity index is 2.36. The minimum absolute atomic E-state index is 0.391. The Bertz CT molecular complexity index is 506. The molecule has 0 aliphatic carbocycles. The number of hydrogen-bond acceptors (Lipinski definition) is 2. The lowest BCUT2D eigenvalue weighted by atomic mass is 9.79. The van der Waals surface area contributed by atoms with Crippen LogP contribution in [0.5, 0.6) is 0 Å². The van der Waals surface area contributed by atoms with Crippen LogP contribution in [-0.2, 0) is 9.31 Å². The van der Waals surface area contributed by atoms with Crippen molar-refractivity contribution in [1.82, 2.24) is 0 Å². The molecule has 94 valence electrons. The molecule has 0 bridgehead atoms. The van der Waals surface area contributed by atoms with Crippen LogP contribution in [0, 0.1) is 6.57 Å². The van der Waals surface area contributed by atoms with Crippen LogP contribution in [0.4, 0.5) is 5.69 Å². The molecule has 0 unspecified atom stereocenters. The Morgan fingerprint density at radius 2 is 1.67 bits per heavy atom. The van der Waals surface area contributed by atoms with Crippen molar-refractivity contribution < 1.29 is 9.31 Å². The van der Waals surface area contributed by atoms with E-state index in [0.29, 0.717) is 10.7 Å². The quantitative estimate of drug-likeness (QED) is 0.574. The van der Waals surface area contributed by atoms with Crippen molar-refractivity contribution in [2.45, 2.75) is 38.9 Å². The maximum atomic E-state index is 7.05. The van der Waals surface area contributed by atoms with Gasteiger partial charge in [-0.1, -0.05) is 17.7 Å². The molecule has 1 aliphatic heterocycles. The molecule has 1 fully saturated rings. The van der Waals surface area contributed by atoms with Crippen LogP contribution in [0.2, 0.25) is 5.02 Å². The molecule has 0 saturated carbocycles. The highest BCUT2D eigenvalue weighted by atomic mass is 35.5. The van der Waals surface area contributed by atoms with E-state index in [0.717, 1.165) is 5.46 Å². The molecule has 0 spiro atoms. The van der Waals surface area contributed by atoms with Gasteiger partial charge in [0.05, 0.1) is 17.8 Å². The van der Waals surface area contributed by atoms with Crippen LogP contribution in [0.1, 0.15) is 27.7 Å². The summed E-state index contributed by atoms with van der Waals surface area (Å²) in [6, 6.07) is 5.16. The Labute approximate surface area is 113 Å². The minimum atomic E-state index is -0.478. The molecule has 0 aromatic heterocycles. The highest BCUT2D eigenvalue weighted by molar-refractivity contribution is 6.62. The largest absolute Gasteiger partial charge is 0.493 e. The van der Waals surface area contributed by atoms with Crippen molar-refractivity contribution in [2.75, 3.05) is 0 Å². The molecule has 3 nitrogen and oxygen atoms in total. The van der Waals surface area contributed by atoms with Gasteiger partial charge in [0.2, 0.25) is 0 Å². The zero-order valence-corrected chi connectivity index (χ0v) is 11.7. The smallest absolute Gasteiger partial charge is 0.399 e. The molecule has 1 aromatic carbocycles. The van der Waals surface area contributed by atoms with Crippen LogP contribution < -0.4 is 5.46 Å². The van der Waals surface area contributed by atoms with Crippen molar-refractivity contribution in [2.24, 2.45) is 0 Å². The van der Waals surface area contributed by atoms with Gasteiger partial charge in [0.1, 0.15) is 0 Å². The Morgan fingerprint density at radius 1 is 1.11 bits per heavy atom. The molecule has 1 saturated heterocycles. The second kappa shape index (κ2) is 4.27. The van der Waals surface area contributed by atoms with E-state index in [4.69, 9.17) is 27.5 Å². The van der Waals surface area contributed by atoms with E-state index in [2.05, 4.69) is 4.85 Å². The van der Waals surface area contributed by atoms with E-state index in [1.807, 2.05) is 27.7 Å². The zero-order valence-electron chi connectivity index (χ0n) is 11.0. The summed E-state index contributed by atoms with van der Waals surface area (Å²) in [5.74, 6) is 0. The van der Waals surface area contributed by atoms with E-state index in [9.17, 15) is 0 Å². The SMILES string of the molecule is [C-]#[N+]c1cc(Cl)cc(B2OC(C)(C)C(C)(C)O2)c1. The lowest BCUT2D eigenvalue weighted by molar-refractivity contribution is 0.00578. The van der Waals surface area contributed by atoms with Crippen LogP contribution in [0.3, 0.4) is 0 Å². The summed E-state index contributed by atoms with van der Waals surface area (Å²) in [5.41, 5.74) is 0.496. The first-order chi connectivity index (χ1) is 8.25. The number of rotatable bonds is 1. The van der Waals surface area contributed by atoms with Gasteiger partial charge < -0.3 is 9.31 Å². The third kappa shape index (κ3) is 2.26. The molecular weight excluding hydrogens is 248 g/mol. The maximum absolute atomic E-state index is 7.05. The van der Waals surface area contributed by atoms with Crippen LogP contribution in [0.25, 0.3) is 4.85 Å². The Morgan fingerprint density at radius 3 is 2.17 bits per heavy atom. The Hall–Kier alpha value is -1.02. The number of nitrogens with zero attached hydrogens (tertiary/aromatic N) is 1. The van der Waals surface area contributed by atoms with Gasteiger partial charge in [0.15, 0.2) is 5.69 Å². The summed E-state index contributed by atoms with van der Waals surface area (Å²) in [6.45, 7) is 15.0. The van der Waals surface area contributed by atoms with E-state index < -0.39 is 18.3 Å². The first kappa shape index (κ1) is 13.4. The third-order valence-electron chi connectivity index (χ3n) is 3.56. The lowest BCUT2D eigenvalue weighted by Gasteiger charge is -2.32. The highest BCUT2D eigenvalue weighted by Crippen LogP contribution is 2.36. The summed E-state index contributed by atoms with van der Waals surface area (Å²) >= 11 is 5.99. The molecule has 0 radical (unpaired) electrons. The van der Waals surface area contributed by atoms with E-state index >= 15 is 0 Å². The highest BCUT2D eigenvalue weighted by Gasteiger charge is 2.51. The van der Waals surface area contributed by atoms with E-state index in [-0.39, 0.29) is 0 Å². The molecule has 1 heterocycles. The van der Waals surface area contributed by atoms with Gasteiger partial charge in [-0.3, -0.25) is 0 Å². The number of halogens is 1. The first-order valence-electron chi connectivity index (χ1n) is 5.79. The molecule has 18 heavy (non-hydrogen) atoms. The molecule has 5 heteroatoms. The summed E-state index contributed by atoms with van der Waals surface area (Å²) < 4.78 is 11.8. The number of hydrogen-bond donors (Lipinski definition) is 0. The second-order valence-electron chi connectivity index (χ2n) is 5.44. The average molecular weight is 264 g/mol. The first-order valence-corrected chi connectivity index (χ1v) is 6.16. The van der Waals surface area contributed by atoms with Gasteiger partial charge in [0, 0.05) is 5.02 Å². The zero-order chi connectivity index (χ0) is 13.6. The normalized spacial score (nSPS) is 20.8. The van der Waals surface area contributed by atoms with Crippen molar-refractivity contribution in [3.63, 3.8) is 0 Å².